The third kappa shape index (κ3) is 3.82. The Labute approximate surface area is 239 Å². The van der Waals surface area contributed by atoms with Crippen molar-refractivity contribution in [2.24, 2.45) is 0 Å². The molecule has 0 unspecified atom stereocenters. The lowest BCUT2D eigenvalue weighted by atomic mass is 9.83. The van der Waals surface area contributed by atoms with E-state index in [4.69, 9.17) is 0 Å². The quantitative estimate of drug-likeness (QED) is 0.211. The molecule has 0 saturated carbocycles. The molecule has 7 aromatic carbocycles. The topological polar surface area (TPSA) is 12.9 Å². The number of aromatic nitrogens is 1. The highest BCUT2D eigenvalue weighted by Gasteiger charge is 2.19. The molecule has 1 heteroatoms. The fraction of sp³-hybridized carbons (Fsp3) is 0.0250. The maximum atomic E-state index is 4.39. The van der Waals surface area contributed by atoms with Crippen LogP contribution in [0.25, 0.3) is 76.5 Å². The Kier molecular flexibility index (Phi) is 5.43. The van der Waals surface area contributed by atoms with Gasteiger partial charge in [0.2, 0.25) is 0 Å². The second-order valence-corrected chi connectivity index (χ2v) is 10.9. The van der Waals surface area contributed by atoms with Crippen LogP contribution in [0, 0.1) is 6.92 Å². The van der Waals surface area contributed by atoms with Crippen molar-refractivity contribution in [1.82, 2.24) is 4.98 Å². The average molecular weight is 522 g/mol. The molecule has 8 aromatic rings. The summed E-state index contributed by atoms with van der Waals surface area (Å²) in [6, 6.07) is 48.9. The summed E-state index contributed by atoms with van der Waals surface area (Å²) in [5.74, 6) is 0. The smallest absolute Gasteiger partial charge is 0.0346 e. The molecule has 0 aliphatic carbocycles. The number of rotatable bonds is 3. The molecular formula is C40H27N. The van der Waals surface area contributed by atoms with Crippen LogP contribution in [0.3, 0.4) is 0 Å². The minimum Gasteiger partial charge on any atom is -0.264 e. The van der Waals surface area contributed by atoms with Crippen LogP contribution in [-0.4, -0.2) is 4.98 Å². The second-order valence-electron chi connectivity index (χ2n) is 10.9. The average Bonchev–Trinajstić information content (AvgIpc) is 3.03. The van der Waals surface area contributed by atoms with Gasteiger partial charge in [-0.15, -0.1) is 0 Å². The van der Waals surface area contributed by atoms with Crippen LogP contribution in [0.2, 0.25) is 0 Å². The van der Waals surface area contributed by atoms with E-state index in [-0.39, 0.29) is 0 Å². The van der Waals surface area contributed by atoms with E-state index in [0.717, 1.165) is 5.56 Å². The van der Waals surface area contributed by atoms with Crippen molar-refractivity contribution in [3.63, 3.8) is 0 Å². The molecule has 1 aromatic heterocycles. The number of fused-ring (bicyclic) bond motifs is 4. The highest BCUT2D eigenvalue weighted by Crippen LogP contribution is 2.46. The molecule has 0 spiro atoms. The maximum absolute atomic E-state index is 4.39. The zero-order chi connectivity index (χ0) is 27.3. The fourth-order valence-corrected chi connectivity index (χ4v) is 6.54. The molecule has 8 rings (SSSR count). The Morgan fingerprint density at radius 3 is 1.63 bits per heavy atom. The molecule has 0 amide bonds. The first kappa shape index (κ1) is 23.6. The predicted octanol–water partition coefficient (Wildman–Crippen LogP) is 11.0. The zero-order valence-electron chi connectivity index (χ0n) is 22.8. The number of nitrogens with zero attached hydrogens (tertiary/aromatic N) is 1. The normalized spacial score (nSPS) is 11.5. The number of hydrogen-bond acceptors (Lipinski definition) is 1. The van der Waals surface area contributed by atoms with Gasteiger partial charge in [0.15, 0.2) is 0 Å². The number of aryl methyl sites for hydroxylation is 1. The Balaban J connectivity index is 1.47. The van der Waals surface area contributed by atoms with Crippen molar-refractivity contribution < 1.29 is 0 Å². The van der Waals surface area contributed by atoms with Gasteiger partial charge in [-0.3, -0.25) is 4.98 Å². The molecule has 0 aliphatic rings. The maximum Gasteiger partial charge on any atom is 0.0346 e. The standard InChI is InChI=1S/C40H27N/c1-26-16-17-28-24-29(19-18-27(28)23-26)39-34-12-4-6-14-36(34)40(37-15-7-5-13-35(37)39)38-21-20-31(30-9-8-22-41-25-30)32-10-2-3-11-33(32)38/h2-25H,1H3. The number of benzene rings is 7. The molecule has 0 atom stereocenters. The first-order valence-electron chi connectivity index (χ1n) is 14.1. The zero-order valence-corrected chi connectivity index (χ0v) is 22.8. The molecule has 0 N–H and O–H groups in total. The summed E-state index contributed by atoms with van der Waals surface area (Å²) < 4.78 is 0. The third-order valence-electron chi connectivity index (χ3n) is 8.38. The summed E-state index contributed by atoms with van der Waals surface area (Å²) in [4.78, 5) is 4.39. The Bertz CT molecular complexity index is 2200. The molecular weight excluding hydrogens is 494 g/mol. The summed E-state index contributed by atoms with van der Waals surface area (Å²) in [5, 5.41) is 10.1. The lowest BCUT2D eigenvalue weighted by molar-refractivity contribution is 1.33. The van der Waals surface area contributed by atoms with Crippen molar-refractivity contribution in [3.8, 4) is 33.4 Å². The van der Waals surface area contributed by atoms with E-state index < -0.39 is 0 Å². The lowest BCUT2D eigenvalue weighted by Gasteiger charge is -2.20. The largest absolute Gasteiger partial charge is 0.264 e. The van der Waals surface area contributed by atoms with Gasteiger partial charge in [-0.25, -0.2) is 0 Å². The van der Waals surface area contributed by atoms with E-state index in [0.29, 0.717) is 0 Å². The minimum absolute atomic E-state index is 1.13. The van der Waals surface area contributed by atoms with Gasteiger partial charge in [-0.05, 0) is 90.0 Å². The number of pyridine rings is 1. The summed E-state index contributed by atoms with van der Waals surface area (Å²) in [6.45, 7) is 2.15. The molecule has 0 saturated heterocycles. The molecule has 41 heavy (non-hydrogen) atoms. The summed E-state index contributed by atoms with van der Waals surface area (Å²) in [7, 11) is 0. The SMILES string of the molecule is Cc1ccc2cc(-c3c4ccccc4c(-c4ccc(-c5cccnc5)c5ccccc45)c4ccccc34)ccc2c1. The van der Waals surface area contributed by atoms with Crippen LogP contribution in [0.5, 0.6) is 0 Å². The van der Waals surface area contributed by atoms with Crippen molar-refractivity contribution in [3.05, 3.63) is 151 Å². The summed E-state index contributed by atoms with van der Waals surface area (Å²) >= 11 is 0. The van der Waals surface area contributed by atoms with Crippen LogP contribution in [-0.2, 0) is 0 Å². The van der Waals surface area contributed by atoms with Gasteiger partial charge in [0.05, 0.1) is 0 Å². The first-order valence-corrected chi connectivity index (χ1v) is 14.1. The van der Waals surface area contributed by atoms with E-state index in [1.807, 2.05) is 18.5 Å². The van der Waals surface area contributed by atoms with E-state index in [2.05, 4.69) is 139 Å². The van der Waals surface area contributed by atoms with E-state index >= 15 is 0 Å². The van der Waals surface area contributed by atoms with Crippen LogP contribution in [0.15, 0.2) is 146 Å². The minimum atomic E-state index is 1.13. The molecule has 0 fully saturated rings. The highest BCUT2D eigenvalue weighted by atomic mass is 14.6. The van der Waals surface area contributed by atoms with Crippen molar-refractivity contribution in [1.29, 1.82) is 0 Å². The molecule has 0 bridgehead atoms. The fourth-order valence-electron chi connectivity index (χ4n) is 6.54. The Morgan fingerprint density at radius 1 is 0.415 bits per heavy atom. The van der Waals surface area contributed by atoms with E-state index in [9.17, 15) is 0 Å². The van der Waals surface area contributed by atoms with Crippen molar-refractivity contribution in [2.45, 2.75) is 6.92 Å². The van der Waals surface area contributed by atoms with Crippen molar-refractivity contribution in [2.75, 3.05) is 0 Å². The van der Waals surface area contributed by atoms with Crippen LogP contribution >= 0.6 is 0 Å². The van der Waals surface area contributed by atoms with Gasteiger partial charge in [-0.1, -0.05) is 127 Å². The molecule has 0 aliphatic heterocycles. The second kappa shape index (κ2) is 9.43. The van der Waals surface area contributed by atoms with Crippen LogP contribution in [0.4, 0.5) is 0 Å². The Morgan fingerprint density at radius 2 is 0.976 bits per heavy atom. The van der Waals surface area contributed by atoms with Gasteiger partial charge in [0.1, 0.15) is 0 Å². The van der Waals surface area contributed by atoms with Gasteiger partial charge >= 0.3 is 0 Å². The van der Waals surface area contributed by atoms with E-state index in [1.165, 1.54) is 76.5 Å². The number of hydrogen-bond donors (Lipinski definition) is 0. The monoisotopic (exact) mass is 521 g/mol. The highest BCUT2D eigenvalue weighted by molar-refractivity contribution is 6.24. The molecule has 1 nitrogen and oxygen atoms in total. The van der Waals surface area contributed by atoms with Gasteiger partial charge in [0, 0.05) is 18.0 Å². The van der Waals surface area contributed by atoms with Gasteiger partial charge in [0.25, 0.3) is 0 Å². The molecule has 1 heterocycles. The predicted molar refractivity (Wildman–Crippen MR) is 175 cm³/mol. The third-order valence-corrected chi connectivity index (χ3v) is 8.38. The molecule has 0 radical (unpaired) electrons. The summed E-state index contributed by atoms with van der Waals surface area (Å²) in [6.07, 6.45) is 3.78. The van der Waals surface area contributed by atoms with Crippen molar-refractivity contribution >= 4 is 43.1 Å². The Hall–Kier alpha value is -5.27. The lowest BCUT2D eigenvalue weighted by Crippen LogP contribution is -1.92. The van der Waals surface area contributed by atoms with Gasteiger partial charge < -0.3 is 0 Å². The van der Waals surface area contributed by atoms with Crippen LogP contribution in [0.1, 0.15) is 5.56 Å². The van der Waals surface area contributed by atoms with E-state index in [1.54, 1.807) is 0 Å². The van der Waals surface area contributed by atoms with Gasteiger partial charge in [-0.2, -0.15) is 0 Å². The molecule has 192 valence electrons. The summed E-state index contributed by atoms with van der Waals surface area (Å²) in [5.41, 5.74) is 8.69. The van der Waals surface area contributed by atoms with Crippen LogP contribution < -0.4 is 0 Å². The first-order chi connectivity index (χ1) is 20.3.